The van der Waals surface area contributed by atoms with Gasteiger partial charge in [0.2, 0.25) is 15.9 Å². The van der Waals surface area contributed by atoms with Gasteiger partial charge in [0, 0.05) is 32.1 Å². The molecule has 3 fully saturated rings. The summed E-state index contributed by atoms with van der Waals surface area (Å²) >= 11 is 0. The zero-order valence-electron chi connectivity index (χ0n) is 12.2. The molecule has 1 N–H and O–H groups in total. The number of rotatable bonds is 1. The Bertz CT molecular complexity index is 527. The van der Waals surface area contributed by atoms with Crippen molar-refractivity contribution in [3.63, 3.8) is 0 Å². The van der Waals surface area contributed by atoms with Crippen molar-refractivity contribution in [1.82, 2.24) is 14.5 Å². The van der Waals surface area contributed by atoms with Gasteiger partial charge in [-0.25, -0.2) is 12.7 Å². The van der Waals surface area contributed by atoms with Gasteiger partial charge in [-0.05, 0) is 32.4 Å². The van der Waals surface area contributed by atoms with Crippen LogP contribution in [0.25, 0.3) is 0 Å². The van der Waals surface area contributed by atoms with Gasteiger partial charge in [-0.1, -0.05) is 0 Å². The second-order valence-electron chi connectivity index (χ2n) is 6.62. The molecule has 3 heterocycles. The van der Waals surface area contributed by atoms with Crippen molar-refractivity contribution in [3.05, 3.63) is 0 Å². The predicted molar refractivity (Wildman–Crippen MR) is 75.6 cm³/mol. The van der Waals surface area contributed by atoms with Crippen LogP contribution in [-0.4, -0.2) is 69.6 Å². The summed E-state index contributed by atoms with van der Waals surface area (Å²) in [4.78, 5) is 14.5. The smallest absolute Gasteiger partial charge is 0.230 e. The minimum Gasteiger partial charge on any atom is -0.345 e. The first-order valence-corrected chi connectivity index (χ1v) is 9.07. The van der Waals surface area contributed by atoms with E-state index in [0.717, 1.165) is 38.9 Å². The fourth-order valence-corrected chi connectivity index (χ4v) is 5.30. The molecule has 1 unspecified atom stereocenters. The van der Waals surface area contributed by atoms with E-state index in [1.165, 1.54) is 10.6 Å². The van der Waals surface area contributed by atoms with Crippen LogP contribution in [0.2, 0.25) is 0 Å². The fraction of sp³-hybridized carbons (Fsp3) is 0.923. The number of likely N-dealkylation sites (tertiary alicyclic amines) is 1. The highest BCUT2D eigenvalue weighted by Gasteiger charge is 2.65. The number of fused-ring (bicyclic) bond motifs is 1. The molecule has 6 nitrogen and oxygen atoms in total. The van der Waals surface area contributed by atoms with Crippen LogP contribution in [0.5, 0.6) is 0 Å². The second kappa shape index (κ2) is 4.42. The van der Waals surface area contributed by atoms with Crippen molar-refractivity contribution in [1.29, 1.82) is 0 Å². The van der Waals surface area contributed by atoms with Crippen molar-refractivity contribution in [2.24, 2.45) is 10.8 Å². The van der Waals surface area contributed by atoms with Crippen LogP contribution in [0.3, 0.4) is 0 Å². The maximum Gasteiger partial charge on any atom is 0.230 e. The van der Waals surface area contributed by atoms with Crippen LogP contribution in [0, 0.1) is 10.8 Å². The Hall–Kier alpha value is -0.660. The van der Waals surface area contributed by atoms with Crippen LogP contribution >= 0.6 is 0 Å². The molecule has 3 aliphatic heterocycles. The van der Waals surface area contributed by atoms with E-state index in [0.29, 0.717) is 13.1 Å². The highest BCUT2D eigenvalue weighted by Crippen LogP contribution is 2.57. The molecule has 1 atom stereocenters. The lowest BCUT2D eigenvalue weighted by molar-refractivity contribution is -0.140. The number of carbonyl (C=O) groups excluding carboxylic acids is 1. The molecule has 0 aromatic carbocycles. The first-order chi connectivity index (χ1) is 9.31. The molecule has 3 saturated heterocycles. The topological polar surface area (TPSA) is 69.7 Å². The van der Waals surface area contributed by atoms with Gasteiger partial charge in [-0.3, -0.25) is 4.79 Å². The van der Waals surface area contributed by atoms with Gasteiger partial charge in [0.25, 0.3) is 0 Å². The summed E-state index contributed by atoms with van der Waals surface area (Å²) in [5, 5.41) is 3.33. The number of nitrogens with one attached hydrogen (secondary N) is 1. The largest absolute Gasteiger partial charge is 0.345 e. The molecule has 7 heteroatoms. The molecule has 3 aliphatic rings. The van der Waals surface area contributed by atoms with E-state index in [1.54, 1.807) is 4.90 Å². The van der Waals surface area contributed by atoms with Crippen molar-refractivity contribution in [2.75, 3.05) is 46.0 Å². The van der Waals surface area contributed by atoms with Gasteiger partial charge < -0.3 is 10.2 Å². The molecular weight excluding hydrogens is 278 g/mol. The minimum absolute atomic E-state index is 0.144. The quantitative estimate of drug-likeness (QED) is 0.707. The Labute approximate surface area is 120 Å². The van der Waals surface area contributed by atoms with Gasteiger partial charge in [-0.15, -0.1) is 0 Å². The van der Waals surface area contributed by atoms with Crippen molar-refractivity contribution >= 4 is 15.9 Å². The van der Waals surface area contributed by atoms with Gasteiger partial charge in [0.15, 0.2) is 0 Å². The number of piperidine rings is 1. The average Bonchev–Trinajstić information content (AvgIpc) is 2.85. The molecule has 0 saturated carbocycles. The lowest BCUT2D eigenvalue weighted by Crippen LogP contribution is -2.51. The van der Waals surface area contributed by atoms with Gasteiger partial charge in [0.05, 0.1) is 11.7 Å². The first-order valence-electron chi connectivity index (χ1n) is 7.22. The van der Waals surface area contributed by atoms with Crippen molar-refractivity contribution in [2.45, 2.75) is 19.3 Å². The summed E-state index contributed by atoms with van der Waals surface area (Å²) < 4.78 is 25.5. The van der Waals surface area contributed by atoms with Crippen molar-refractivity contribution in [3.8, 4) is 0 Å². The number of nitrogens with zero attached hydrogens (tertiary/aromatic N) is 2. The summed E-state index contributed by atoms with van der Waals surface area (Å²) in [5.41, 5.74) is -0.671. The van der Waals surface area contributed by atoms with Crippen LogP contribution in [0.1, 0.15) is 19.3 Å². The third-order valence-electron chi connectivity index (χ3n) is 5.60. The number of amides is 1. The third kappa shape index (κ3) is 1.83. The first kappa shape index (κ1) is 14.3. The van der Waals surface area contributed by atoms with Crippen LogP contribution in [-0.2, 0) is 14.8 Å². The van der Waals surface area contributed by atoms with Gasteiger partial charge >= 0.3 is 0 Å². The molecule has 0 aromatic heterocycles. The molecule has 0 bridgehead atoms. The Kier molecular flexibility index (Phi) is 3.15. The SMILES string of the molecule is CN1CCC2(CN(S(C)(=O)=O)CC23CCNCC3)C1=O. The van der Waals surface area contributed by atoms with Gasteiger partial charge in [-0.2, -0.15) is 0 Å². The highest BCUT2D eigenvalue weighted by atomic mass is 32.2. The summed E-state index contributed by atoms with van der Waals surface area (Å²) in [6.07, 6.45) is 3.81. The molecule has 114 valence electrons. The fourth-order valence-electron chi connectivity index (χ4n) is 4.36. The lowest BCUT2D eigenvalue weighted by Gasteiger charge is -2.44. The van der Waals surface area contributed by atoms with Crippen molar-refractivity contribution < 1.29 is 13.2 Å². The molecule has 3 rings (SSSR count). The van der Waals surface area contributed by atoms with E-state index in [1.807, 2.05) is 7.05 Å². The molecule has 0 aromatic rings. The van der Waals surface area contributed by atoms with E-state index in [2.05, 4.69) is 5.32 Å². The maximum absolute atomic E-state index is 12.8. The molecule has 0 aliphatic carbocycles. The summed E-state index contributed by atoms with van der Waals surface area (Å²) in [6.45, 7) is 3.36. The van der Waals surface area contributed by atoms with Gasteiger partial charge in [0.1, 0.15) is 0 Å². The number of carbonyl (C=O) groups is 1. The Morgan fingerprint density at radius 2 is 1.80 bits per heavy atom. The summed E-state index contributed by atoms with van der Waals surface area (Å²) in [7, 11) is -1.41. The Morgan fingerprint density at radius 3 is 2.30 bits per heavy atom. The van der Waals surface area contributed by atoms with Crippen LogP contribution in [0.4, 0.5) is 0 Å². The van der Waals surface area contributed by atoms with E-state index in [4.69, 9.17) is 0 Å². The minimum atomic E-state index is -3.24. The third-order valence-corrected chi connectivity index (χ3v) is 6.80. The predicted octanol–water partition coefficient (Wildman–Crippen LogP) is -0.520. The number of sulfonamides is 1. The molecular formula is C13H23N3O3S. The monoisotopic (exact) mass is 301 g/mol. The summed E-state index contributed by atoms with van der Waals surface area (Å²) in [5.74, 6) is 0.144. The van der Waals surface area contributed by atoms with E-state index in [-0.39, 0.29) is 11.3 Å². The molecule has 20 heavy (non-hydrogen) atoms. The highest BCUT2D eigenvalue weighted by molar-refractivity contribution is 7.88. The second-order valence-corrected chi connectivity index (χ2v) is 8.60. The standard InChI is InChI=1S/C13H23N3O3S/c1-15-8-5-13(11(15)17)10-16(20(2,18)19)9-12(13)3-6-14-7-4-12/h14H,3-10H2,1-2H3. The summed E-state index contributed by atoms with van der Waals surface area (Å²) in [6, 6.07) is 0. The zero-order chi connectivity index (χ0) is 14.6. The molecule has 2 spiro atoms. The van der Waals surface area contributed by atoms with Crippen LogP contribution in [0.15, 0.2) is 0 Å². The molecule has 1 amide bonds. The van der Waals surface area contributed by atoms with E-state index < -0.39 is 15.4 Å². The van der Waals surface area contributed by atoms with E-state index >= 15 is 0 Å². The Balaban J connectivity index is 2.03. The normalized spacial score (nSPS) is 34.5. The Morgan fingerprint density at radius 1 is 1.15 bits per heavy atom. The lowest BCUT2D eigenvalue weighted by atomic mass is 9.60. The molecule has 0 radical (unpaired) electrons. The van der Waals surface area contributed by atoms with Crippen LogP contribution < -0.4 is 5.32 Å². The number of hydrogen-bond donors (Lipinski definition) is 1. The van der Waals surface area contributed by atoms with E-state index in [9.17, 15) is 13.2 Å². The average molecular weight is 301 g/mol. The maximum atomic E-state index is 12.8. The number of hydrogen-bond acceptors (Lipinski definition) is 4. The zero-order valence-corrected chi connectivity index (χ0v) is 13.0.